The van der Waals surface area contributed by atoms with Crippen molar-refractivity contribution in [2.24, 2.45) is 5.92 Å². The van der Waals surface area contributed by atoms with Crippen molar-refractivity contribution in [3.05, 3.63) is 24.2 Å². The lowest BCUT2D eigenvalue weighted by atomic mass is 9.43. The van der Waals surface area contributed by atoms with Crippen molar-refractivity contribution in [1.82, 2.24) is 0 Å². The molecule has 72 valence electrons. The molecule has 0 aromatic carbocycles. The lowest BCUT2D eigenvalue weighted by molar-refractivity contribution is 0.606. The highest BCUT2D eigenvalue weighted by Gasteiger charge is 2.35. The van der Waals surface area contributed by atoms with Gasteiger partial charge in [0.05, 0.1) is 3.13 Å². The van der Waals surface area contributed by atoms with E-state index in [0.717, 1.165) is 12.7 Å². The summed E-state index contributed by atoms with van der Waals surface area (Å²) in [5.41, 5.74) is 0. The van der Waals surface area contributed by atoms with Crippen molar-refractivity contribution >= 4 is 38.6 Å². The Labute approximate surface area is 98.2 Å². The second kappa shape index (κ2) is 4.83. The van der Waals surface area contributed by atoms with Gasteiger partial charge in [0.1, 0.15) is 0 Å². The van der Waals surface area contributed by atoms with E-state index in [1.165, 1.54) is 0 Å². The standard InChI is InChI=1S/C10H15BBr2/c1-9(2)8-10(12,13)11-6-4-3-5-7-11/h3-6,9H,7-8H2,1-2H3. The average molecular weight is 306 g/mol. The van der Waals surface area contributed by atoms with Crippen molar-refractivity contribution in [3.8, 4) is 0 Å². The van der Waals surface area contributed by atoms with Crippen LogP contribution in [0.3, 0.4) is 0 Å². The molecule has 0 unspecified atom stereocenters. The number of rotatable bonds is 3. The Morgan fingerprint density at radius 3 is 2.54 bits per heavy atom. The maximum atomic E-state index is 3.78. The molecule has 0 radical (unpaired) electrons. The van der Waals surface area contributed by atoms with E-state index in [1.807, 2.05) is 0 Å². The quantitative estimate of drug-likeness (QED) is 0.541. The SMILES string of the molecule is CC(C)CC(Br)(Br)B1C=CC=CC1. The molecule has 0 saturated carbocycles. The molecule has 1 aliphatic heterocycles. The molecular formula is C10H15BBr2. The van der Waals surface area contributed by atoms with Crippen LogP contribution in [0, 0.1) is 5.92 Å². The van der Waals surface area contributed by atoms with Crippen LogP contribution in [0.25, 0.3) is 0 Å². The fraction of sp³-hybridized carbons (Fsp3) is 0.600. The molecule has 0 bridgehead atoms. The molecule has 0 N–H and O–H groups in total. The summed E-state index contributed by atoms with van der Waals surface area (Å²) in [7, 11) is 0. The Bertz CT molecular complexity index is 219. The van der Waals surface area contributed by atoms with Crippen LogP contribution in [-0.2, 0) is 0 Å². The number of hydrogen-bond donors (Lipinski definition) is 0. The van der Waals surface area contributed by atoms with Crippen LogP contribution in [0.4, 0.5) is 0 Å². The molecule has 0 fully saturated rings. The molecule has 0 amide bonds. The van der Waals surface area contributed by atoms with Gasteiger partial charge >= 0.3 is 0 Å². The lowest BCUT2D eigenvalue weighted by Crippen LogP contribution is -2.34. The molecule has 0 aromatic heterocycles. The second-order valence-corrected chi connectivity index (χ2v) is 7.91. The maximum absolute atomic E-state index is 3.78. The predicted molar refractivity (Wildman–Crippen MR) is 68.9 cm³/mol. The van der Waals surface area contributed by atoms with E-state index in [0.29, 0.717) is 12.6 Å². The highest BCUT2D eigenvalue weighted by Crippen LogP contribution is 2.38. The van der Waals surface area contributed by atoms with Crippen molar-refractivity contribution in [2.45, 2.75) is 29.7 Å². The van der Waals surface area contributed by atoms with Gasteiger partial charge in [-0.2, -0.15) is 0 Å². The van der Waals surface area contributed by atoms with E-state index in [9.17, 15) is 0 Å². The summed E-state index contributed by atoms with van der Waals surface area (Å²) >= 11 is 7.55. The molecule has 0 saturated heterocycles. The Balaban J connectivity index is 2.58. The summed E-state index contributed by atoms with van der Waals surface area (Å²) in [6.07, 6.45) is 8.74. The smallest absolute Gasteiger partial charge is 0.112 e. The van der Waals surface area contributed by atoms with Crippen LogP contribution in [0.15, 0.2) is 24.2 Å². The average Bonchev–Trinajstić information content (AvgIpc) is 2.04. The first-order valence-corrected chi connectivity index (χ1v) is 6.32. The van der Waals surface area contributed by atoms with Gasteiger partial charge in [0.2, 0.25) is 6.71 Å². The topological polar surface area (TPSA) is 0 Å². The van der Waals surface area contributed by atoms with Gasteiger partial charge < -0.3 is 0 Å². The molecule has 1 aliphatic rings. The largest absolute Gasteiger partial charge is 0.202 e. The first-order chi connectivity index (χ1) is 6.02. The number of halogens is 2. The molecule has 1 heterocycles. The first-order valence-electron chi connectivity index (χ1n) is 4.73. The minimum atomic E-state index is 0.0788. The van der Waals surface area contributed by atoms with Gasteiger partial charge in [0.25, 0.3) is 0 Å². The minimum absolute atomic E-state index is 0.0788. The first kappa shape index (κ1) is 11.6. The van der Waals surface area contributed by atoms with Crippen LogP contribution in [-0.4, -0.2) is 9.85 Å². The molecule has 1 rings (SSSR count). The van der Waals surface area contributed by atoms with Crippen LogP contribution in [0.5, 0.6) is 0 Å². The van der Waals surface area contributed by atoms with Crippen LogP contribution in [0.2, 0.25) is 6.32 Å². The molecular weight excluding hydrogens is 291 g/mol. The summed E-state index contributed by atoms with van der Waals surface area (Å²) in [6, 6.07) is 0. The minimum Gasteiger partial charge on any atom is -0.112 e. The van der Waals surface area contributed by atoms with Crippen LogP contribution >= 0.6 is 31.9 Å². The zero-order chi connectivity index (χ0) is 9.90. The Morgan fingerprint density at radius 1 is 1.38 bits per heavy atom. The lowest BCUT2D eigenvalue weighted by Gasteiger charge is -2.28. The maximum Gasteiger partial charge on any atom is 0.202 e. The monoisotopic (exact) mass is 304 g/mol. The van der Waals surface area contributed by atoms with Crippen molar-refractivity contribution in [3.63, 3.8) is 0 Å². The summed E-state index contributed by atoms with van der Waals surface area (Å²) < 4.78 is 0.0788. The number of alkyl halides is 2. The van der Waals surface area contributed by atoms with E-state index in [1.54, 1.807) is 0 Å². The molecule has 13 heavy (non-hydrogen) atoms. The highest BCUT2D eigenvalue weighted by molar-refractivity contribution is 9.26. The molecule has 0 nitrogen and oxygen atoms in total. The molecule has 3 heteroatoms. The summed E-state index contributed by atoms with van der Waals surface area (Å²) in [5, 5.41) is 0. The number of allylic oxidation sites excluding steroid dienone is 3. The van der Waals surface area contributed by atoms with Gasteiger partial charge in [-0.25, -0.2) is 0 Å². The van der Waals surface area contributed by atoms with E-state index in [4.69, 9.17) is 0 Å². The van der Waals surface area contributed by atoms with Gasteiger partial charge in [-0.15, -0.1) is 5.98 Å². The molecule has 0 spiro atoms. The van der Waals surface area contributed by atoms with Gasteiger partial charge in [-0.05, 0) is 18.7 Å². The van der Waals surface area contributed by atoms with E-state index < -0.39 is 0 Å². The van der Waals surface area contributed by atoms with Gasteiger partial charge in [0, 0.05) is 0 Å². The van der Waals surface area contributed by atoms with Crippen molar-refractivity contribution in [2.75, 3.05) is 0 Å². The third kappa shape index (κ3) is 3.63. The van der Waals surface area contributed by atoms with Crippen molar-refractivity contribution in [1.29, 1.82) is 0 Å². The molecule has 0 atom stereocenters. The zero-order valence-corrected chi connectivity index (χ0v) is 11.3. The van der Waals surface area contributed by atoms with E-state index in [-0.39, 0.29) is 3.13 Å². The van der Waals surface area contributed by atoms with Gasteiger partial charge in [0.15, 0.2) is 0 Å². The van der Waals surface area contributed by atoms with E-state index in [2.05, 4.69) is 69.9 Å². The van der Waals surface area contributed by atoms with Crippen molar-refractivity contribution < 1.29 is 0 Å². The zero-order valence-electron chi connectivity index (χ0n) is 8.13. The Hall–Kier alpha value is 0.505. The Kier molecular flexibility index (Phi) is 4.31. The summed E-state index contributed by atoms with van der Waals surface area (Å²) in [6.45, 7) is 5.07. The van der Waals surface area contributed by atoms with Crippen LogP contribution < -0.4 is 0 Å². The van der Waals surface area contributed by atoms with Gasteiger partial charge in [-0.1, -0.05) is 63.9 Å². The Morgan fingerprint density at radius 2 is 2.08 bits per heavy atom. The third-order valence-corrected chi connectivity index (χ3v) is 4.03. The van der Waals surface area contributed by atoms with Gasteiger partial charge in [-0.3, -0.25) is 0 Å². The molecule has 0 aromatic rings. The fourth-order valence-corrected chi connectivity index (χ4v) is 3.56. The number of hydrogen-bond acceptors (Lipinski definition) is 0. The summed E-state index contributed by atoms with van der Waals surface area (Å²) in [5.74, 6) is 2.98. The fourth-order valence-electron chi connectivity index (χ4n) is 1.59. The summed E-state index contributed by atoms with van der Waals surface area (Å²) in [4.78, 5) is 0. The second-order valence-electron chi connectivity index (χ2n) is 4.01. The molecule has 0 aliphatic carbocycles. The highest BCUT2D eigenvalue weighted by atomic mass is 79.9. The van der Waals surface area contributed by atoms with E-state index >= 15 is 0 Å². The predicted octanol–water partition coefficient (Wildman–Crippen LogP) is 4.22. The van der Waals surface area contributed by atoms with Crippen LogP contribution in [0.1, 0.15) is 20.3 Å². The normalized spacial score (nSPS) is 17.2. The third-order valence-electron chi connectivity index (χ3n) is 2.20.